The average molecular weight is 261 g/mol. The third kappa shape index (κ3) is 3.79. The van der Waals surface area contributed by atoms with E-state index in [9.17, 15) is 13.5 Å². The Bertz CT molecular complexity index is 448. The Labute approximate surface area is 102 Å². The number of aliphatic hydroxyl groups excluding tert-OH is 1. The standard InChI is InChI=1S/C10H19N3O3S/c1-4-9(14)5-6-11-17(15,16)10-7-13(3)8(2)12-10/h7,9,11,14H,4-6H2,1-3H3. The summed E-state index contributed by atoms with van der Waals surface area (Å²) in [6.45, 7) is 3.80. The van der Waals surface area contributed by atoms with E-state index in [0.29, 0.717) is 18.7 Å². The SMILES string of the molecule is CCC(O)CCNS(=O)(=O)c1cn(C)c(C)n1. The number of hydrogen-bond acceptors (Lipinski definition) is 4. The molecule has 1 rings (SSSR count). The van der Waals surface area contributed by atoms with E-state index >= 15 is 0 Å². The molecule has 7 heteroatoms. The van der Waals surface area contributed by atoms with Gasteiger partial charge in [-0.3, -0.25) is 0 Å². The first kappa shape index (κ1) is 14.1. The van der Waals surface area contributed by atoms with Gasteiger partial charge in [0.15, 0.2) is 5.03 Å². The summed E-state index contributed by atoms with van der Waals surface area (Å²) in [6, 6.07) is 0. The molecule has 0 aliphatic carbocycles. The third-order valence-electron chi connectivity index (χ3n) is 2.60. The van der Waals surface area contributed by atoms with Crippen LogP contribution in [0.4, 0.5) is 0 Å². The van der Waals surface area contributed by atoms with E-state index < -0.39 is 16.1 Å². The lowest BCUT2D eigenvalue weighted by molar-refractivity contribution is 0.162. The number of aliphatic hydroxyl groups is 1. The zero-order valence-corrected chi connectivity index (χ0v) is 11.2. The summed E-state index contributed by atoms with van der Waals surface area (Å²) in [7, 11) is -1.82. The van der Waals surface area contributed by atoms with Crippen LogP contribution in [0.3, 0.4) is 0 Å². The maximum atomic E-state index is 11.8. The van der Waals surface area contributed by atoms with Gasteiger partial charge in [-0.05, 0) is 19.8 Å². The summed E-state index contributed by atoms with van der Waals surface area (Å²) in [4.78, 5) is 3.95. The summed E-state index contributed by atoms with van der Waals surface area (Å²) in [5.74, 6) is 0.638. The zero-order chi connectivity index (χ0) is 13.1. The molecule has 6 nitrogen and oxygen atoms in total. The van der Waals surface area contributed by atoms with Crippen LogP contribution in [-0.4, -0.2) is 35.7 Å². The monoisotopic (exact) mass is 261 g/mol. The first-order chi connectivity index (χ1) is 7.86. The lowest BCUT2D eigenvalue weighted by Gasteiger charge is -2.07. The molecule has 1 aromatic rings. The van der Waals surface area contributed by atoms with Crippen LogP contribution in [0.15, 0.2) is 11.2 Å². The fourth-order valence-corrected chi connectivity index (χ4v) is 2.38. The van der Waals surface area contributed by atoms with Crippen molar-refractivity contribution in [3.05, 3.63) is 12.0 Å². The van der Waals surface area contributed by atoms with Crippen LogP contribution in [0, 0.1) is 6.92 Å². The van der Waals surface area contributed by atoms with Crippen molar-refractivity contribution in [2.45, 2.75) is 37.8 Å². The predicted octanol–water partition coefficient (Wildman–Crippen LogP) is 0.168. The number of aryl methyl sites for hydroxylation is 2. The van der Waals surface area contributed by atoms with E-state index in [-0.39, 0.29) is 11.6 Å². The number of nitrogens with zero attached hydrogens (tertiary/aromatic N) is 2. The second kappa shape index (κ2) is 5.61. The van der Waals surface area contributed by atoms with Crippen LogP contribution in [0.5, 0.6) is 0 Å². The van der Waals surface area contributed by atoms with Crippen LogP contribution in [0.2, 0.25) is 0 Å². The molecule has 0 bridgehead atoms. The topological polar surface area (TPSA) is 84.2 Å². The van der Waals surface area contributed by atoms with Crippen molar-refractivity contribution < 1.29 is 13.5 Å². The minimum Gasteiger partial charge on any atom is -0.393 e. The van der Waals surface area contributed by atoms with Crippen LogP contribution in [-0.2, 0) is 17.1 Å². The van der Waals surface area contributed by atoms with Gasteiger partial charge in [-0.1, -0.05) is 6.92 Å². The van der Waals surface area contributed by atoms with Crippen molar-refractivity contribution >= 4 is 10.0 Å². The van der Waals surface area contributed by atoms with E-state index in [1.54, 1.807) is 18.5 Å². The molecule has 0 aliphatic rings. The molecule has 1 heterocycles. The molecule has 0 aromatic carbocycles. The number of imidazole rings is 1. The van der Waals surface area contributed by atoms with Crippen LogP contribution in [0.25, 0.3) is 0 Å². The molecule has 0 saturated heterocycles. The summed E-state index contributed by atoms with van der Waals surface area (Å²) in [5.41, 5.74) is 0. The third-order valence-corrected chi connectivity index (χ3v) is 3.93. The molecule has 2 N–H and O–H groups in total. The predicted molar refractivity (Wildman–Crippen MR) is 64.0 cm³/mol. The lowest BCUT2D eigenvalue weighted by atomic mass is 10.2. The van der Waals surface area contributed by atoms with Gasteiger partial charge in [0.2, 0.25) is 0 Å². The zero-order valence-electron chi connectivity index (χ0n) is 10.3. The van der Waals surface area contributed by atoms with Gasteiger partial charge >= 0.3 is 0 Å². The van der Waals surface area contributed by atoms with Gasteiger partial charge in [0.05, 0.1) is 6.10 Å². The maximum Gasteiger partial charge on any atom is 0.259 e. The van der Waals surface area contributed by atoms with Crippen molar-refractivity contribution in [3.8, 4) is 0 Å². The Kier molecular flexibility index (Phi) is 4.67. The highest BCUT2D eigenvalue weighted by molar-refractivity contribution is 7.89. The normalized spacial score (nSPS) is 13.9. The highest BCUT2D eigenvalue weighted by atomic mass is 32.2. The summed E-state index contributed by atoms with van der Waals surface area (Å²) < 4.78 is 27.7. The molecule has 0 aliphatic heterocycles. The van der Waals surface area contributed by atoms with E-state index in [4.69, 9.17) is 0 Å². The van der Waals surface area contributed by atoms with Crippen molar-refractivity contribution in [2.75, 3.05) is 6.54 Å². The molecule has 98 valence electrons. The minimum atomic E-state index is -3.56. The number of aromatic nitrogens is 2. The average Bonchev–Trinajstić information content (AvgIpc) is 2.59. The largest absolute Gasteiger partial charge is 0.393 e. The molecule has 0 amide bonds. The highest BCUT2D eigenvalue weighted by Crippen LogP contribution is 2.07. The number of hydrogen-bond donors (Lipinski definition) is 2. The Morgan fingerprint density at radius 3 is 2.71 bits per heavy atom. The fraction of sp³-hybridized carbons (Fsp3) is 0.700. The molecular weight excluding hydrogens is 242 g/mol. The fourth-order valence-electron chi connectivity index (χ4n) is 1.29. The van der Waals surface area contributed by atoms with Gasteiger partial charge in [0.25, 0.3) is 10.0 Å². The molecule has 0 radical (unpaired) electrons. The molecule has 1 atom stereocenters. The molecule has 17 heavy (non-hydrogen) atoms. The minimum absolute atomic E-state index is 0.0171. The first-order valence-corrected chi connectivity index (χ1v) is 7.03. The van der Waals surface area contributed by atoms with Gasteiger partial charge in [0, 0.05) is 19.8 Å². The van der Waals surface area contributed by atoms with Gasteiger partial charge in [-0.25, -0.2) is 18.1 Å². The van der Waals surface area contributed by atoms with Gasteiger partial charge < -0.3 is 9.67 Å². The number of nitrogens with one attached hydrogen (secondary N) is 1. The molecule has 1 unspecified atom stereocenters. The Morgan fingerprint density at radius 1 is 1.59 bits per heavy atom. The van der Waals surface area contributed by atoms with Gasteiger partial charge in [-0.2, -0.15) is 0 Å². The second-order valence-electron chi connectivity index (χ2n) is 3.99. The summed E-state index contributed by atoms with van der Waals surface area (Å²) in [5, 5.41) is 9.34. The summed E-state index contributed by atoms with van der Waals surface area (Å²) >= 11 is 0. The number of rotatable bonds is 6. The molecule has 0 spiro atoms. The lowest BCUT2D eigenvalue weighted by Crippen LogP contribution is -2.27. The Hall–Kier alpha value is -0.920. The Morgan fingerprint density at radius 2 is 2.24 bits per heavy atom. The molecule has 0 saturated carbocycles. The van der Waals surface area contributed by atoms with Gasteiger partial charge in [0.1, 0.15) is 5.82 Å². The van der Waals surface area contributed by atoms with E-state index in [1.165, 1.54) is 6.20 Å². The quantitative estimate of drug-likeness (QED) is 0.764. The molecule has 0 fully saturated rings. The van der Waals surface area contributed by atoms with Crippen LogP contribution >= 0.6 is 0 Å². The van der Waals surface area contributed by atoms with E-state index in [1.807, 2.05) is 6.92 Å². The van der Waals surface area contributed by atoms with Crippen molar-refractivity contribution in [1.29, 1.82) is 0 Å². The van der Waals surface area contributed by atoms with Crippen molar-refractivity contribution in [1.82, 2.24) is 14.3 Å². The van der Waals surface area contributed by atoms with Gasteiger partial charge in [-0.15, -0.1) is 0 Å². The highest BCUT2D eigenvalue weighted by Gasteiger charge is 2.18. The number of sulfonamides is 1. The van der Waals surface area contributed by atoms with Crippen molar-refractivity contribution in [2.24, 2.45) is 7.05 Å². The molecular formula is C10H19N3O3S. The van der Waals surface area contributed by atoms with E-state index in [0.717, 1.165) is 0 Å². The van der Waals surface area contributed by atoms with Crippen LogP contribution in [0.1, 0.15) is 25.6 Å². The van der Waals surface area contributed by atoms with Crippen LogP contribution < -0.4 is 4.72 Å². The molecule has 1 aromatic heterocycles. The first-order valence-electron chi connectivity index (χ1n) is 5.54. The Balaban J connectivity index is 2.63. The second-order valence-corrected chi connectivity index (χ2v) is 5.70. The van der Waals surface area contributed by atoms with E-state index in [2.05, 4.69) is 9.71 Å². The smallest absolute Gasteiger partial charge is 0.259 e. The maximum absolute atomic E-state index is 11.8. The summed E-state index contributed by atoms with van der Waals surface area (Å²) in [6.07, 6.45) is 2.02. The van der Waals surface area contributed by atoms with Crippen molar-refractivity contribution in [3.63, 3.8) is 0 Å².